The highest BCUT2D eigenvalue weighted by atomic mass is 16.5. The molecule has 0 aliphatic carbocycles. The smallest absolute Gasteiger partial charge is 0.266 e. The van der Waals surface area contributed by atoms with Crippen LogP contribution in [0.15, 0.2) is 48.5 Å². The maximum absolute atomic E-state index is 12.3. The monoisotopic (exact) mass is 338 g/mol. The van der Waals surface area contributed by atoms with Crippen molar-refractivity contribution < 1.29 is 9.53 Å². The van der Waals surface area contributed by atoms with Crippen molar-refractivity contribution in [1.29, 1.82) is 0 Å². The molecule has 0 saturated heterocycles. The van der Waals surface area contributed by atoms with Crippen molar-refractivity contribution in [2.24, 2.45) is 0 Å². The summed E-state index contributed by atoms with van der Waals surface area (Å²) in [7, 11) is 3.94. The molecule has 130 valence electrons. The van der Waals surface area contributed by atoms with Gasteiger partial charge in [0.05, 0.1) is 5.69 Å². The SMILES string of the molecule is CC(Oc1ccc2ccccc2c1)C(=O)Nc1cc(CN(C)C)[nH]n1. The molecule has 6 nitrogen and oxygen atoms in total. The first-order chi connectivity index (χ1) is 12.0. The van der Waals surface area contributed by atoms with E-state index in [0.717, 1.165) is 23.0 Å². The number of hydrogen-bond acceptors (Lipinski definition) is 4. The Morgan fingerprint density at radius 1 is 1.20 bits per heavy atom. The number of fused-ring (bicyclic) bond motifs is 1. The Labute approximate surface area is 146 Å². The Hall–Kier alpha value is -2.86. The van der Waals surface area contributed by atoms with E-state index in [1.165, 1.54) is 0 Å². The lowest BCUT2D eigenvalue weighted by Gasteiger charge is -2.14. The van der Waals surface area contributed by atoms with Gasteiger partial charge in [-0.3, -0.25) is 9.89 Å². The number of nitrogens with zero attached hydrogens (tertiary/aromatic N) is 2. The number of carbonyl (C=O) groups is 1. The van der Waals surface area contributed by atoms with Crippen LogP contribution in [0.1, 0.15) is 12.6 Å². The number of aromatic nitrogens is 2. The lowest BCUT2D eigenvalue weighted by molar-refractivity contribution is -0.122. The molecule has 25 heavy (non-hydrogen) atoms. The zero-order valence-electron chi connectivity index (χ0n) is 14.6. The van der Waals surface area contributed by atoms with Crippen LogP contribution in [-0.2, 0) is 11.3 Å². The third-order valence-electron chi connectivity index (χ3n) is 3.77. The normalized spacial score (nSPS) is 12.3. The van der Waals surface area contributed by atoms with Crippen molar-refractivity contribution in [2.75, 3.05) is 19.4 Å². The summed E-state index contributed by atoms with van der Waals surface area (Å²) in [6.07, 6.45) is -0.629. The molecule has 0 aliphatic heterocycles. The standard InChI is InChI=1S/C19H22N4O2/c1-13(19(24)20-18-11-16(21-22-18)12-23(2)3)25-17-9-8-14-6-4-5-7-15(14)10-17/h4-11,13H,12H2,1-3H3,(H2,20,21,22,24). The summed E-state index contributed by atoms with van der Waals surface area (Å²) < 4.78 is 5.77. The fourth-order valence-electron chi connectivity index (χ4n) is 2.57. The zero-order valence-corrected chi connectivity index (χ0v) is 14.6. The highest BCUT2D eigenvalue weighted by Crippen LogP contribution is 2.21. The van der Waals surface area contributed by atoms with Gasteiger partial charge in [0, 0.05) is 12.6 Å². The quantitative estimate of drug-likeness (QED) is 0.725. The van der Waals surface area contributed by atoms with E-state index >= 15 is 0 Å². The van der Waals surface area contributed by atoms with Gasteiger partial charge < -0.3 is 15.0 Å². The predicted molar refractivity (Wildman–Crippen MR) is 98.6 cm³/mol. The Morgan fingerprint density at radius 2 is 1.96 bits per heavy atom. The number of ether oxygens (including phenoxy) is 1. The number of H-pyrrole nitrogens is 1. The average molecular weight is 338 g/mol. The van der Waals surface area contributed by atoms with Crippen LogP contribution < -0.4 is 10.1 Å². The van der Waals surface area contributed by atoms with Crippen LogP contribution >= 0.6 is 0 Å². The minimum Gasteiger partial charge on any atom is -0.481 e. The topological polar surface area (TPSA) is 70.2 Å². The van der Waals surface area contributed by atoms with Gasteiger partial charge in [0.2, 0.25) is 0 Å². The molecule has 2 aromatic carbocycles. The highest BCUT2D eigenvalue weighted by molar-refractivity contribution is 5.93. The van der Waals surface area contributed by atoms with Crippen LogP contribution in [0.5, 0.6) is 5.75 Å². The minimum atomic E-state index is -0.629. The molecule has 3 aromatic rings. The largest absolute Gasteiger partial charge is 0.481 e. The number of rotatable bonds is 6. The number of amides is 1. The molecule has 0 radical (unpaired) electrons. The fourth-order valence-corrected chi connectivity index (χ4v) is 2.57. The first-order valence-electron chi connectivity index (χ1n) is 8.16. The third-order valence-corrected chi connectivity index (χ3v) is 3.77. The zero-order chi connectivity index (χ0) is 17.8. The maximum Gasteiger partial charge on any atom is 0.266 e. The Bertz CT molecular complexity index is 872. The van der Waals surface area contributed by atoms with Crippen molar-refractivity contribution in [3.63, 3.8) is 0 Å². The second kappa shape index (κ2) is 7.36. The average Bonchev–Trinajstić information content (AvgIpc) is 3.00. The molecule has 0 bridgehead atoms. The van der Waals surface area contributed by atoms with E-state index in [4.69, 9.17) is 4.74 Å². The van der Waals surface area contributed by atoms with Gasteiger partial charge in [0.25, 0.3) is 5.91 Å². The lowest BCUT2D eigenvalue weighted by atomic mass is 10.1. The second-order valence-corrected chi connectivity index (χ2v) is 6.27. The number of nitrogens with one attached hydrogen (secondary N) is 2. The summed E-state index contributed by atoms with van der Waals surface area (Å²) in [5.74, 6) is 0.920. The van der Waals surface area contributed by atoms with Crippen molar-refractivity contribution in [2.45, 2.75) is 19.6 Å². The van der Waals surface area contributed by atoms with Gasteiger partial charge in [0.1, 0.15) is 5.75 Å². The molecule has 1 heterocycles. The summed E-state index contributed by atoms with van der Waals surface area (Å²) in [4.78, 5) is 14.3. The molecule has 1 amide bonds. The van der Waals surface area contributed by atoms with Gasteiger partial charge in [-0.15, -0.1) is 0 Å². The summed E-state index contributed by atoms with van der Waals surface area (Å²) in [6.45, 7) is 2.45. The molecule has 0 aliphatic rings. The molecule has 3 rings (SSSR count). The molecule has 0 saturated carbocycles. The number of carbonyl (C=O) groups excluding carboxylic acids is 1. The Balaban J connectivity index is 1.62. The maximum atomic E-state index is 12.3. The first-order valence-corrected chi connectivity index (χ1v) is 8.16. The van der Waals surface area contributed by atoms with Gasteiger partial charge in [-0.25, -0.2) is 0 Å². The van der Waals surface area contributed by atoms with Crippen molar-refractivity contribution in [3.05, 3.63) is 54.2 Å². The molecule has 0 fully saturated rings. The van der Waals surface area contributed by atoms with Gasteiger partial charge >= 0.3 is 0 Å². The van der Waals surface area contributed by atoms with E-state index in [2.05, 4.69) is 15.5 Å². The number of benzene rings is 2. The van der Waals surface area contributed by atoms with E-state index in [0.29, 0.717) is 11.6 Å². The van der Waals surface area contributed by atoms with Gasteiger partial charge in [0.15, 0.2) is 11.9 Å². The summed E-state index contributed by atoms with van der Waals surface area (Å²) in [5.41, 5.74) is 0.934. The van der Waals surface area contributed by atoms with Crippen LogP contribution in [0.3, 0.4) is 0 Å². The van der Waals surface area contributed by atoms with Crippen molar-refractivity contribution in [3.8, 4) is 5.75 Å². The molecule has 1 atom stereocenters. The van der Waals surface area contributed by atoms with Crippen molar-refractivity contribution >= 4 is 22.5 Å². The van der Waals surface area contributed by atoms with Crippen LogP contribution in [0.4, 0.5) is 5.82 Å². The minimum absolute atomic E-state index is 0.240. The fraction of sp³-hybridized carbons (Fsp3) is 0.263. The Morgan fingerprint density at radius 3 is 2.72 bits per heavy atom. The third kappa shape index (κ3) is 4.36. The summed E-state index contributed by atoms with van der Waals surface area (Å²) >= 11 is 0. The molecule has 2 N–H and O–H groups in total. The predicted octanol–water partition coefficient (Wildman–Crippen LogP) is 3.03. The summed E-state index contributed by atoms with van der Waals surface area (Å²) in [6, 6.07) is 15.6. The van der Waals surface area contributed by atoms with Gasteiger partial charge in [-0.2, -0.15) is 5.10 Å². The summed E-state index contributed by atoms with van der Waals surface area (Å²) in [5, 5.41) is 12.0. The molecule has 6 heteroatoms. The molecule has 1 unspecified atom stereocenters. The van der Waals surface area contributed by atoms with Crippen LogP contribution in [0, 0.1) is 0 Å². The second-order valence-electron chi connectivity index (χ2n) is 6.27. The number of aromatic amines is 1. The highest BCUT2D eigenvalue weighted by Gasteiger charge is 2.16. The molecular weight excluding hydrogens is 316 g/mol. The lowest BCUT2D eigenvalue weighted by Crippen LogP contribution is -2.30. The van der Waals surface area contributed by atoms with E-state index in [9.17, 15) is 4.79 Å². The molecule has 0 spiro atoms. The van der Waals surface area contributed by atoms with E-state index in [-0.39, 0.29) is 5.91 Å². The van der Waals surface area contributed by atoms with E-state index in [1.807, 2.05) is 67.5 Å². The first kappa shape index (κ1) is 17.0. The van der Waals surface area contributed by atoms with E-state index < -0.39 is 6.10 Å². The van der Waals surface area contributed by atoms with Crippen LogP contribution in [0.2, 0.25) is 0 Å². The molecule has 1 aromatic heterocycles. The van der Waals surface area contributed by atoms with Crippen LogP contribution in [0.25, 0.3) is 10.8 Å². The van der Waals surface area contributed by atoms with E-state index in [1.54, 1.807) is 6.92 Å². The number of anilines is 1. The van der Waals surface area contributed by atoms with Crippen LogP contribution in [-0.4, -0.2) is 41.2 Å². The number of hydrogen-bond donors (Lipinski definition) is 2. The Kier molecular flexibility index (Phi) is 5.00. The van der Waals surface area contributed by atoms with Gasteiger partial charge in [-0.05, 0) is 43.9 Å². The van der Waals surface area contributed by atoms with Gasteiger partial charge in [-0.1, -0.05) is 30.3 Å². The van der Waals surface area contributed by atoms with Crippen molar-refractivity contribution in [1.82, 2.24) is 15.1 Å². The molecular formula is C19H22N4O2.